The Hall–Kier alpha value is -2.34. The van der Waals surface area contributed by atoms with Crippen molar-refractivity contribution < 1.29 is 14.7 Å². The van der Waals surface area contributed by atoms with Gasteiger partial charge in [-0.1, -0.05) is 18.5 Å². The molecule has 0 spiro atoms. The second-order valence-corrected chi connectivity index (χ2v) is 8.74. The molecular formula is C22H26ClN3O3. The highest BCUT2D eigenvalue weighted by Crippen LogP contribution is 2.53. The molecule has 154 valence electrons. The van der Waals surface area contributed by atoms with Crippen LogP contribution in [0.3, 0.4) is 0 Å². The third kappa shape index (κ3) is 3.33. The van der Waals surface area contributed by atoms with Crippen LogP contribution in [-0.4, -0.2) is 46.6 Å². The number of fused-ring (bicyclic) bond motifs is 5. The molecule has 0 aromatic carbocycles. The van der Waals surface area contributed by atoms with Crippen molar-refractivity contribution in [3.05, 3.63) is 45.4 Å². The number of carboxylic acid groups (broad SMARTS) is 1. The van der Waals surface area contributed by atoms with Gasteiger partial charge < -0.3 is 15.3 Å². The highest BCUT2D eigenvalue weighted by atomic mass is 35.5. The van der Waals surface area contributed by atoms with Gasteiger partial charge in [-0.3, -0.25) is 14.6 Å². The lowest BCUT2D eigenvalue weighted by Gasteiger charge is -2.36. The first-order valence-electron chi connectivity index (χ1n) is 10.1. The molecule has 0 aromatic rings. The molecule has 29 heavy (non-hydrogen) atoms. The quantitative estimate of drug-likeness (QED) is 0.633. The van der Waals surface area contributed by atoms with E-state index in [1.165, 1.54) is 23.3 Å². The van der Waals surface area contributed by atoms with E-state index >= 15 is 0 Å². The lowest BCUT2D eigenvalue weighted by molar-refractivity contribution is -0.134. The number of carboxylic acids is 1. The van der Waals surface area contributed by atoms with Gasteiger partial charge in [-0.2, -0.15) is 0 Å². The number of hydrogen-bond acceptors (Lipinski definition) is 5. The third-order valence-electron chi connectivity index (χ3n) is 6.29. The predicted octanol–water partition coefficient (Wildman–Crippen LogP) is 3.37. The third-order valence-corrected chi connectivity index (χ3v) is 6.60. The average molecular weight is 416 g/mol. The fourth-order valence-electron chi connectivity index (χ4n) is 5.14. The fraction of sp³-hybridized carbons (Fsp3) is 0.500. The van der Waals surface area contributed by atoms with Crippen LogP contribution < -0.4 is 5.32 Å². The molecule has 0 saturated carbocycles. The van der Waals surface area contributed by atoms with Crippen molar-refractivity contribution in [1.29, 1.82) is 0 Å². The van der Waals surface area contributed by atoms with E-state index in [0.29, 0.717) is 24.8 Å². The van der Waals surface area contributed by atoms with E-state index in [1.807, 2.05) is 6.92 Å². The standard InChI is InChI=1S/C20H22ClN3O.C2H4O2/c1-10-3-4-13-15-7-22-9-16(21)20(15)24-17-6-12(25)5-11(2)18(17)23-8-14(10)19(13)24;1-2(3)4/h5,7,10,13,17,22H,3-4,6,8-9H2,1-2H3;1H3,(H,3,4). The summed E-state index contributed by atoms with van der Waals surface area (Å²) in [5, 5.41) is 11.6. The van der Waals surface area contributed by atoms with Gasteiger partial charge in [-0.05, 0) is 42.9 Å². The Balaban J connectivity index is 0.000000472. The minimum atomic E-state index is -0.833. The maximum Gasteiger partial charge on any atom is 0.300 e. The summed E-state index contributed by atoms with van der Waals surface area (Å²) in [4.78, 5) is 28.7. The van der Waals surface area contributed by atoms with Crippen molar-refractivity contribution in [1.82, 2.24) is 10.2 Å². The Labute approximate surface area is 175 Å². The van der Waals surface area contributed by atoms with Crippen LogP contribution in [0.4, 0.5) is 0 Å². The van der Waals surface area contributed by atoms with E-state index in [-0.39, 0.29) is 11.8 Å². The van der Waals surface area contributed by atoms with Gasteiger partial charge in [-0.15, -0.1) is 0 Å². The van der Waals surface area contributed by atoms with Gasteiger partial charge in [0.1, 0.15) is 0 Å². The van der Waals surface area contributed by atoms with Crippen molar-refractivity contribution in [3.63, 3.8) is 0 Å². The number of allylic oxidation sites excluding steroid dienone is 3. The Morgan fingerprint density at radius 2 is 2.10 bits per heavy atom. The van der Waals surface area contributed by atoms with E-state index in [9.17, 15) is 4.79 Å². The summed E-state index contributed by atoms with van der Waals surface area (Å²) in [6.07, 6.45) is 6.71. The van der Waals surface area contributed by atoms with Gasteiger partial charge in [-0.25, -0.2) is 0 Å². The molecule has 5 rings (SSSR count). The molecule has 1 saturated heterocycles. The Bertz CT molecular complexity index is 937. The number of hydrogen-bond donors (Lipinski definition) is 2. The van der Waals surface area contributed by atoms with Crippen LogP contribution in [0.15, 0.2) is 50.4 Å². The van der Waals surface area contributed by atoms with Crippen LogP contribution in [0.2, 0.25) is 0 Å². The summed E-state index contributed by atoms with van der Waals surface area (Å²) in [7, 11) is 0. The maximum absolute atomic E-state index is 12.3. The van der Waals surface area contributed by atoms with Crippen LogP contribution in [-0.2, 0) is 9.59 Å². The van der Waals surface area contributed by atoms with E-state index in [0.717, 1.165) is 41.9 Å². The van der Waals surface area contributed by atoms with Crippen LogP contribution in [0.1, 0.15) is 40.0 Å². The number of aliphatic imine (C=N–C) groups is 1. The Kier molecular flexibility index (Phi) is 5.15. The molecule has 3 atom stereocenters. The summed E-state index contributed by atoms with van der Waals surface area (Å²) in [6.45, 7) is 6.81. The smallest absolute Gasteiger partial charge is 0.300 e. The Morgan fingerprint density at radius 3 is 2.83 bits per heavy atom. The maximum atomic E-state index is 12.3. The molecule has 3 aliphatic heterocycles. The number of carbonyl (C=O) groups excluding carboxylic acids is 1. The highest BCUT2D eigenvalue weighted by molar-refractivity contribution is 6.30. The molecule has 5 aliphatic rings. The zero-order valence-corrected chi connectivity index (χ0v) is 17.7. The van der Waals surface area contributed by atoms with Gasteiger partial charge in [0, 0.05) is 36.7 Å². The molecule has 0 aromatic heterocycles. The van der Waals surface area contributed by atoms with Crippen LogP contribution in [0.5, 0.6) is 0 Å². The zero-order valence-electron chi connectivity index (χ0n) is 17.0. The van der Waals surface area contributed by atoms with Crippen LogP contribution in [0.25, 0.3) is 0 Å². The number of ketones is 1. The molecule has 1 fully saturated rings. The van der Waals surface area contributed by atoms with E-state index < -0.39 is 5.97 Å². The van der Waals surface area contributed by atoms with Crippen molar-refractivity contribution in [3.8, 4) is 0 Å². The molecule has 3 unspecified atom stereocenters. The first kappa shape index (κ1) is 20.0. The van der Waals surface area contributed by atoms with Crippen molar-refractivity contribution in [2.24, 2.45) is 16.8 Å². The van der Waals surface area contributed by atoms with Crippen LogP contribution >= 0.6 is 11.6 Å². The number of aliphatic carboxylic acids is 1. The van der Waals surface area contributed by atoms with Crippen molar-refractivity contribution >= 4 is 29.1 Å². The van der Waals surface area contributed by atoms with Gasteiger partial charge in [0.05, 0.1) is 35.6 Å². The summed E-state index contributed by atoms with van der Waals surface area (Å²) in [5.74, 6) is 0.277. The largest absolute Gasteiger partial charge is 0.481 e. The number of nitrogens with one attached hydrogen (secondary N) is 1. The topological polar surface area (TPSA) is 82.0 Å². The van der Waals surface area contributed by atoms with E-state index in [2.05, 4.69) is 23.3 Å². The highest BCUT2D eigenvalue weighted by Gasteiger charge is 2.49. The SMILES string of the molecule is CC(=O)O.CC1=CC(=O)CC2C1=NCC1=C3C(CCC1C)C1=CNCC(Cl)=C1N32. The number of halogens is 1. The average Bonchev–Trinajstić information content (AvgIpc) is 2.87. The first-order valence-corrected chi connectivity index (χ1v) is 10.5. The van der Waals surface area contributed by atoms with Gasteiger partial charge >= 0.3 is 0 Å². The van der Waals surface area contributed by atoms with Crippen LogP contribution in [0, 0.1) is 11.8 Å². The van der Waals surface area contributed by atoms with Gasteiger partial charge in [0.15, 0.2) is 5.78 Å². The number of rotatable bonds is 0. The number of carbonyl (C=O) groups is 2. The summed E-state index contributed by atoms with van der Waals surface area (Å²) >= 11 is 6.69. The van der Waals surface area contributed by atoms with Crippen molar-refractivity contribution in [2.75, 3.05) is 13.1 Å². The summed E-state index contributed by atoms with van der Waals surface area (Å²) in [6, 6.07) is -0.00875. The number of dihydropyridines is 1. The fourth-order valence-corrected chi connectivity index (χ4v) is 5.42. The van der Waals surface area contributed by atoms with Gasteiger partial charge in [0.2, 0.25) is 0 Å². The first-order chi connectivity index (χ1) is 13.8. The number of nitrogens with zero attached hydrogens (tertiary/aromatic N) is 2. The minimum absolute atomic E-state index is 0.00875. The minimum Gasteiger partial charge on any atom is -0.481 e. The van der Waals surface area contributed by atoms with Gasteiger partial charge in [0.25, 0.3) is 5.97 Å². The molecular weight excluding hydrogens is 390 g/mol. The molecule has 7 heteroatoms. The lowest BCUT2D eigenvalue weighted by atomic mass is 9.79. The predicted molar refractivity (Wildman–Crippen MR) is 112 cm³/mol. The molecule has 6 nitrogen and oxygen atoms in total. The monoisotopic (exact) mass is 415 g/mol. The molecule has 0 bridgehead atoms. The molecule has 0 radical (unpaired) electrons. The second kappa shape index (κ2) is 7.48. The Morgan fingerprint density at radius 1 is 1.38 bits per heavy atom. The molecule has 2 N–H and O–H groups in total. The second-order valence-electron chi connectivity index (χ2n) is 8.28. The molecule has 2 aliphatic carbocycles. The zero-order chi connectivity index (χ0) is 20.9. The van der Waals surface area contributed by atoms with Crippen molar-refractivity contribution in [2.45, 2.75) is 46.1 Å². The molecule has 3 heterocycles. The lowest BCUT2D eigenvalue weighted by Crippen LogP contribution is -2.42. The van der Waals surface area contributed by atoms with E-state index in [1.54, 1.807) is 6.08 Å². The molecule has 0 amide bonds. The normalized spacial score (nSPS) is 29.9. The summed E-state index contributed by atoms with van der Waals surface area (Å²) in [5.41, 5.74) is 7.33. The summed E-state index contributed by atoms with van der Waals surface area (Å²) < 4.78 is 0. The van der Waals surface area contributed by atoms with E-state index in [4.69, 9.17) is 26.5 Å².